The fraction of sp³-hybridized carbons (Fsp3) is 0.381. The van der Waals surface area contributed by atoms with Gasteiger partial charge in [-0.2, -0.15) is 0 Å². The Balaban J connectivity index is 1.45. The van der Waals surface area contributed by atoms with Crippen LogP contribution in [0.3, 0.4) is 0 Å². The second-order valence-electron chi connectivity index (χ2n) is 7.18. The number of ether oxygens (including phenoxy) is 2. The molecule has 4 rings (SSSR count). The van der Waals surface area contributed by atoms with Gasteiger partial charge in [0.2, 0.25) is 0 Å². The Hall–Kier alpha value is -2.93. The minimum absolute atomic E-state index is 0.270. The molecule has 2 aromatic rings. The molecule has 0 saturated carbocycles. The number of amides is 2. The predicted molar refractivity (Wildman–Crippen MR) is 111 cm³/mol. The number of nitrogens with zero attached hydrogens (tertiary/aromatic N) is 2. The molecule has 2 amide bonds. The Kier molecular flexibility index (Phi) is 5.25. The van der Waals surface area contributed by atoms with Crippen LogP contribution in [-0.2, 0) is 6.42 Å². The van der Waals surface area contributed by atoms with Crippen molar-refractivity contribution in [3.63, 3.8) is 0 Å². The Bertz CT molecular complexity index is 863. The Morgan fingerprint density at radius 2 is 1.75 bits per heavy atom. The van der Waals surface area contributed by atoms with Gasteiger partial charge in [-0.15, -0.1) is 0 Å². The summed E-state index contributed by atoms with van der Waals surface area (Å²) in [5.41, 5.74) is 3.62. The first-order chi connectivity index (χ1) is 13.6. The minimum Gasteiger partial charge on any atom is -0.495 e. The van der Waals surface area contributed by atoms with Crippen molar-refractivity contribution in [2.45, 2.75) is 6.42 Å². The first-order valence-electron chi connectivity index (χ1n) is 9.57. The van der Waals surface area contributed by atoms with Crippen LogP contribution >= 0.6 is 0 Å². The van der Waals surface area contributed by atoms with Crippen LogP contribution in [0.25, 0.3) is 0 Å². The van der Waals surface area contributed by atoms with E-state index in [9.17, 15) is 4.79 Å². The van der Waals surface area contributed by atoms with Gasteiger partial charge < -0.3 is 29.9 Å². The average Bonchev–Trinajstić information content (AvgIpc) is 3.16. The molecule has 1 saturated heterocycles. The maximum absolute atomic E-state index is 12.5. The summed E-state index contributed by atoms with van der Waals surface area (Å²) in [7, 11) is 3.80. The van der Waals surface area contributed by atoms with Crippen molar-refractivity contribution in [1.82, 2.24) is 4.90 Å². The highest BCUT2D eigenvalue weighted by Gasteiger charge is 2.19. The summed E-state index contributed by atoms with van der Waals surface area (Å²) in [6.07, 6.45) is 0.874. The van der Waals surface area contributed by atoms with E-state index in [1.165, 1.54) is 0 Å². The molecule has 2 aliphatic rings. The Morgan fingerprint density at radius 1 is 1.04 bits per heavy atom. The number of hydrogen-bond acceptors (Lipinski definition) is 5. The zero-order valence-corrected chi connectivity index (χ0v) is 16.3. The lowest BCUT2D eigenvalue weighted by Crippen LogP contribution is -2.44. The van der Waals surface area contributed by atoms with Crippen molar-refractivity contribution in [3.8, 4) is 11.5 Å². The number of methoxy groups -OCH3 is 1. The summed E-state index contributed by atoms with van der Waals surface area (Å²) in [6.45, 7) is 4.57. The van der Waals surface area contributed by atoms with Gasteiger partial charge in [-0.05, 0) is 49.0 Å². The summed E-state index contributed by atoms with van der Waals surface area (Å²) in [5.74, 6) is 1.71. The second kappa shape index (κ2) is 7.98. The van der Waals surface area contributed by atoms with Crippen molar-refractivity contribution < 1.29 is 14.3 Å². The number of benzene rings is 2. The second-order valence-corrected chi connectivity index (χ2v) is 7.18. The molecule has 0 aromatic heterocycles. The lowest BCUT2D eigenvalue weighted by atomic mass is 10.1. The van der Waals surface area contributed by atoms with Gasteiger partial charge in [-0.25, -0.2) is 4.79 Å². The van der Waals surface area contributed by atoms with E-state index in [1.807, 2.05) is 36.4 Å². The van der Waals surface area contributed by atoms with E-state index in [4.69, 9.17) is 9.47 Å². The minimum atomic E-state index is -0.270. The topological polar surface area (TPSA) is 66.1 Å². The fourth-order valence-electron chi connectivity index (χ4n) is 3.62. The average molecular weight is 382 g/mol. The van der Waals surface area contributed by atoms with Gasteiger partial charge in [0.1, 0.15) is 11.5 Å². The van der Waals surface area contributed by atoms with Gasteiger partial charge in [-0.3, -0.25) is 0 Å². The molecule has 0 atom stereocenters. The van der Waals surface area contributed by atoms with Gasteiger partial charge in [-0.1, -0.05) is 0 Å². The fourth-order valence-corrected chi connectivity index (χ4v) is 3.62. The Labute approximate surface area is 165 Å². The molecule has 0 bridgehead atoms. The molecule has 0 radical (unpaired) electrons. The zero-order chi connectivity index (χ0) is 19.5. The van der Waals surface area contributed by atoms with Crippen molar-refractivity contribution in [2.75, 3.05) is 62.5 Å². The number of carbonyl (C=O) groups excluding carboxylic acids is 1. The molecule has 7 heteroatoms. The molecule has 0 unspecified atom stereocenters. The van der Waals surface area contributed by atoms with Crippen molar-refractivity contribution >= 4 is 23.1 Å². The first kappa shape index (κ1) is 18.4. The molecular formula is C21H26N4O3. The molecule has 2 N–H and O–H groups in total. The maximum atomic E-state index is 12.5. The number of hydrogen-bond donors (Lipinski definition) is 2. The molecule has 28 heavy (non-hydrogen) atoms. The normalized spacial score (nSPS) is 16.3. The highest BCUT2D eigenvalue weighted by atomic mass is 16.5. The number of rotatable bonds is 4. The van der Waals surface area contributed by atoms with Crippen LogP contribution in [0, 0.1) is 0 Å². The summed E-state index contributed by atoms with van der Waals surface area (Å²) in [6, 6.07) is 11.2. The maximum Gasteiger partial charge on any atom is 0.323 e. The van der Waals surface area contributed by atoms with Crippen LogP contribution in [0.2, 0.25) is 0 Å². The number of likely N-dealkylation sites (N-methyl/N-ethyl adjacent to an activating group) is 1. The molecular weight excluding hydrogens is 356 g/mol. The highest BCUT2D eigenvalue weighted by Crippen LogP contribution is 2.32. The Morgan fingerprint density at radius 3 is 2.50 bits per heavy atom. The summed E-state index contributed by atoms with van der Waals surface area (Å²) >= 11 is 0. The van der Waals surface area contributed by atoms with E-state index in [0.29, 0.717) is 6.61 Å². The van der Waals surface area contributed by atoms with Gasteiger partial charge >= 0.3 is 6.03 Å². The largest absolute Gasteiger partial charge is 0.495 e. The van der Waals surface area contributed by atoms with Gasteiger partial charge in [0.05, 0.1) is 19.4 Å². The molecule has 148 valence electrons. The van der Waals surface area contributed by atoms with Gasteiger partial charge in [0.15, 0.2) is 0 Å². The molecule has 1 fully saturated rings. The van der Waals surface area contributed by atoms with Gasteiger partial charge in [0.25, 0.3) is 0 Å². The smallest absolute Gasteiger partial charge is 0.323 e. The standard InChI is InChI=1S/C21H26N4O3/c1-24-8-10-25(11-9-24)18-14-17(4-6-20(18)27-2)23-21(26)22-16-3-5-19-15(13-16)7-12-28-19/h3-6,13-14H,7-12H2,1-2H3,(H2,22,23,26). The third-order valence-corrected chi connectivity index (χ3v) is 5.23. The van der Waals surface area contributed by atoms with Gasteiger partial charge in [0, 0.05) is 44.0 Å². The number of piperazine rings is 1. The van der Waals surface area contributed by atoms with E-state index in [-0.39, 0.29) is 6.03 Å². The van der Waals surface area contributed by atoms with Crippen molar-refractivity contribution in [1.29, 1.82) is 0 Å². The lowest BCUT2D eigenvalue weighted by molar-refractivity contribution is 0.262. The molecule has 0 spiro atoms. The zero-order valence-electron chi connectivity index (χ0n) is 16.3. The summed E-state index contributed by atoms with van der Waals surface area (Å²) in [4.78, 5) is 17.1. The third-order valence-electron chi connectivity index (χ3n) is 5.23. The molecule has 7 nitrogen and oxygen atoms in total. The van der Waals surface area contributed by atoms with Crippen LogP contribution in [0.15, 0.2) is 36.4 Å². The van der Waals surface area contributed by atoms with Crippen LogP contribution in [0.5, 0.6) is 11.5 Å². The van der Waals surface area contributed by atoms with Crippen molar-refractivity contribution in [2.24, 2.45) is 0 Å². The number of fused-ring (bicyclic) bond motifs is 1. The lowest BCUT2D eigenvalue weighted by Gasteiger charge is -2.34. The molecule has 0 aliphatic carbocycles. The monoisotopic (exact) mass is 382 g/mol. The van der Waals surface area contributed by atoms with E-state index in [1.54, 1.807) is 7.11 Å². The quantitative estimate of drug-likeness (QED) is 0.851. The molecule has 2 heterocycles. The van der Waals surface area contributed by atoms with Crippen molar-refractivity contribution in [3.05, 3.63) is 42.0 Å². The van der Waals surface area contributed by atoms with Crippen LogP contribution in [0.1, 0.15) is 5.56 Å². The van der Waals surface area contributed by atoms with E-state index in [2.05, 4.69) is 27.5 Å². The highest BCUT2D eigenvalue weighted by molar-refractivity contribution is 6.00. The summed E-state index contributed by atoms with van der Waals surface area (Å²) in [5, 5.41) is 5.82. The first-order valence-corrected chi connectivity index (χ1v) is 9.57. The molecule has 2 aliphatic heterocycles. The number of anilines is 3. The van der Waals surface area contributed by atoms with Crippen LogP contribution < -0.4 is 25.0 Å². The van der Waals surface area contributed by atoms with E-state index in [0.717, 1.165) is 66.7 Å². The summed E-state index contributed by atoms with van der Waals surface area (Å²) < 4.78 is 11.0. The van der Waals surface area contributed by atoms with E-state index >= 15 is 0 Å². The van der Waals surface area contributed by atoms with Crippen LogP contribution in [-0.4, -0.2) is 57.9 Å². The third kappa shape index (κ3) is 3.99. The number of urea groups is 1. The SMILES string of the molecule is COc1ccc(NC(=O)Nc2ccc3c(c2)CCO3)cc1N1CCN(C)CC1. The van der Waals surface area contributed by atoms with E-state index < -0.39 is 0 Å². The predicted octanol–water partition coefficient (Wildman–Crippen LogP) is 3.03. The number of carbonyl (C=O) groups is 1. The molecule has 2 aromatic carbocycles. The number of nitrogens with one attached hydrogen (secondary N) is 2. The van der Waals surface area contributed by atoms with Crippen LogP contribution in [0.4, 0.5) is 21.9 Å².